The molecule has 2 aromatic heterocycles. The van der Waals surface area contributed by atoms with Crippen LogP contribution in [0.4, 0.5) is 5.82 Å². The first kappa shape index (κ1) is 20.4. The molecule has 0 spiro atoms. The third-order valence-corrected chi connectivity index (χ3v) is 5.24. The first-order chi connectivity index (χ1) is 13.8. The Bertz CT molecular complexity index is 1020. The maximum absolute atomic E-state index is 7.86. The van der Waals surface area contributed by atoms with Crippen LogP contribution in [-0.2, 0) is 0 Å². The van der Waals surface area contributed by atoms with Crippen LogP contribution in [0.3, 0.4) is 0 Å². The average molecular weight is 393 g/mol. The van der Waals surface area contributed by atoms with E-state index < -0.39 is 0 Å². The fraction of sp³-hybridized carbons (Fsp3) is 0.381. The number of nitrogens with zero attached hydrogens (tertiary/aromatic N) is 5. The van der Waals surface area contributed by atoms with Gasteiger partial charge in [-0.2, -0.15) is 5.10 Å². The number of nitrogens with two attached hydrogens (primary N) is 1. The topological polar surface area (TPSA) is 120 Å². The summed E-state index contributed by atoms with van der Waals surface area (Å²) in [5, 5.41) is 20.0. The van der Waals surface area contributed by atoms with E-state index in [4.69, 9.17) is 16.6 Å². The lowest BCUT2D eigenvalue weighted by atomic mass is 10.1. The van der Waals surface area contributed by atoms with Crippen molar-refractivity contribution in [3.63, 3.8) is 0 Å². The second-order valence-corrected chi connectivity index (χ2v) is 7.27. The van der Waals surface area contributed by atoms with Crippen molar-refractivity contribution in [3.8, 4) is 0 Å². The summed E-state index contributed by atoms with van der Waals surface area (Å²) in [7, 11) is 3.72. The van der Waals surface area contributed by atoms with Gasteiger partial charge in [-0.05, 0) is 56.0 Å². The van der Waals surface area contributed by atoms with Gasteiger partial charge >= 0.3 is 0 Å². The van der Waals surface area contributed by atoms with Crippen molar-refractivity contribution in [3.05, 3.63) is 59.0 Å². The molecule has 1 fully saturated rings. The SMILES string of the molecule is CCN(C)c1ccc(C2CC2/C(N)=C/C(=NC)c2ccc(=N)n(C(C)=N)n2)cn1. The number of hydrogen-bond acceptors (Lipinski definition) is 7. The molecule has 2 heterocycles. The minimum Gasteiger partial charge on any atom is -0.402 e. The van der Waals surface area contributed by atoms with Gasteiger partial charge < -0.3 is 10.6 Å². The Kier molecular flexibility index (Phi) is 5.91. The summed E-state index contributed by atoms with van der Waals surface area (Å²) in [5.41, 5.74) is 9.73. The Balaban J connectivity index is 1.76. The monoisotopic (exact) mass is 392 g/mol. The third-order valence-electron chi connectivity index (χ3n) is 5.24. The van der Waals surface area contributed by atoms with Gasteiger partial charge in [0, 0.05) is 38.5 Å². The maximum Gasteiger partial charge on any atom is 0.148 e. The summed E-state index contributed by atoms with van der Waals surface area (Å²) >= 11 is 0. The van der Waals surface area contributed by atoms with Crippen LogP contribution in [0.1, 0.15) is 37.4 Å². The number of nitrogens with one attached hydrogen (secondary N) is 2. The standard InChI is InChI=1S/C21H28N8/c1-5-28(4)21-9-6-14(12-26-21)15-10-16(15)17(23)11-19(25-3)18-7-8-20(24)29(27-18)13(2)22/h6-9,11-12,15-16,22,24H,5,10,23H2,1-4H3/b17-11-,22-13?,24-20?,25-19?. The van der Waals surface area contributed by atoms with Gasteiger partial charge in [0.25, 0.3) is 0 Å². The van der Waals surface area contributed by atoms with Crippen molar-refractivity contribution in [2.75, 3.05) is 25.5 Å². The number of aromatic nitrogens is 3. The van der Waals surface area contributed by atoms with E-state index in [0.29, 0.717) is 17.3 Å². The van der Waals surface area contributed by atoms with Crippen molar-refractivity contribution < 1.29 is 0 Å². The molecule has 2 aromatic rings. The summed E-state index contributed by atoms with van der Waals surface area (Å²) in [6.45, 7) is 4.61. The van der Waals surface area contributed by atoms with E-state index >= 15 is 0 Å². The highest BCUT2D eigenvalue weighted by molar-refractivity contribution is 6.07. The Hall–Kier alpha value is -3.29. The Morgan fingerprint density at radius 2 is 2.14 bits per heavy atom. The second kappa shape index (κ2) is 8.38. The Labute approximate surface area is 170 Å². The van der Waals surface area contributed by atoms with Gasteiger partial charge in [0.1, 0.15) is 22.8 Å². The Morgan fingerprint density at radius 1 is 1.38 bits per heavy atom. The van der Waals surface area contributed by atoms with Gasteiger partial charge in [-0.3, -0.25) is 15.8 Å². The lowest BCUT2D eigenvalue weighted by Gasteiger charge is -2.15. The molecular formula is C21H28N8. The van der Waals surface area contributed by atoms with Crippen LogP contribution < -0.4 is 16.1 Å². The molecule has 1 aliphatic carbocycles. The largest absolute Gasteiger partial charge is 0.402 e. The van der Waals surface area contributed by atoms with Crippen molar-refractivity contribution in [2.45, 2.75) is 26.2 Å². The summed E-state index contributed by atoms with van der Waals surface area (Å²) in [6, 6.07) is 7.52. The molecule has 152 valence electrons. The highest BCUT2D eigenvalue weighted by atomic mass is 15.3. The predicted octanol–water partition coefficient (Wildman–Crippen LogP) is 2.12. The second-order valence-electron chi connectivity index (χ2n) is 7.27. The van der Waals surface area contributed by atoms with Crippen LogP contribution >= 0.6 is 0 Å². The van der Waals surface area contributed by atoms with Gasteiger partial charge in [0.2, 0.25) is 0 Å². The van der Waals surface area contributed by atoms with Crippen molar-refractivity contribution in [2.24, 2.45) is 16.6 Å². The Morgan fingerprint density at radius 3 is 2.72 bits per heavy atom. The number of anilines is 1. The first-order valence-corrected chi connectivity index (χ1v) is 9.67. The van der Waals surface area contributed by atoms with Crippen LogP contribution in [0.2, 0.25) is 0 Å². The molecule has 3 rings (SSSR count). The molecule has 1 aliphatic rings. The van der Waals surface area contributed by atoms with Gasteiger partial charge in [0.05, 0.1) is 5.71 Å². The molecule has 0 radical (unpaired) electrons. The van der Waals surface area contributed by atoms with Gasteiger partial charge in [-0.15, -0.1) is 0 Å². The number of rotatable bonds is 6. The van der Waals surface area contributed by atoms with E-state index in [1.54, 1.807) is 26.1 Å². The van der Waals surface area contributed by atoms with Gasteiger partial charge in [-0.1, -0.05) is 6.07 Å². The lowest BCUT2D eigenvalue weighted by Crippen LogP contribution is -2.28. The molecule has 29 heavy (non-hydrogen) atoms. The zero-order valence-electron chi connectivity index (χ0n) is 17.3. The normalized spacial score (nSPS) is 19.2. The average Bonchev–Trinajstić information content (AvgIpc) is 3.52. The summed E-state index contributed by atoms with van der Waals surface area (Å²) in [6.07, 6.45) is 4.79. The fourth-order valence-electron chi connectivity index (χ4n) is 3.27. The van der Waals surface area contributed by atoms with E-state index in [1.807, 2.05) is 19.3 Å². The van der Waals surface area contributed by atoms with E-state index in [2.05, 4.69) is 39.0 Å². The van der Waals surface area contributed by atoms with Crippen molar-refractivity contribution in [1.82, 2.24) is 14.8 Å². The van der Waals surface area contributed by atoms with Crippen molar-refractivity contribution in [1.29, 1.82) is 10.8 Å². The zero-order valence-corrected chi connectivity index (χ0v) is 17.3. The highest BCUT2D eigenvalue weighted by Gasteiger charge is 2.40. The maximum atomic E-state index is 7.86. The molecule has 2 unspecified atom stereocenters. The van der Waals surface area contributed by atoms with Crippen LogP contribution in [0.15, 0.2) is 47.2 Å². The molecule has 0 aliphatic heterocycles. The van der Waals surface area contributed by atoms with E-state index in [-0.39, 0.29) is 17.2 Å². The third kappa shape index (κ3) is 4.42. The predicted molar refractivity (Wildman–Crippen MR) is 116 cm³/mol. The summed E-state index contributed by atoms with van der Waals surface area (Å²) in [4.78, 5) is 11.0. The fourth-order valence-corrected chi connectivity index (χ4v) is 3.27. The van der Waals surface area contributed by atoms with E-state index in [9.17, 15) is 0 Å². The molecule has 1 saturated carbocycles. The highest BCUT2D eigenvalue weighted by Crippen LogP contribution is 2.50. The molecule has 0 amide bonds. The molecule has 8 heteroatoms. The number of aliphatic imine (C=N–C) groups is 1. The number of pyridine rings is 1. The van der Waals surface area contributed by atoms with E-state index in [1.165, 1.54) is 10.2 Å². The summed E-state index contributed by atoms with van der Waals surface area (Å²) < 4.78 is 1.27. The number of hydrogen-bond donors (Lipinski definition) is 3. The molecule has 4 N–H and O–H groups in total. The molecule has 0 bridgehead atoms. The quantitative estimate of drug-likeness (QED) is 0.515. The summed E-state index contributed by atoms with van der Waals surface area (Å²) in [5.74, 6) is 1.78. The van der Waals surface area contributed by atoms with Gasteiger partial charge in [-0.25, -0.2) is 9.67 Å². The van der Waals surface area contributed by atoms with Crippen LogP contribution in [0.5, 0.6) is 0 Å². The van der Waals surface area contributed by atoms with E-state index in [0.717, 1.165) is 24.5 Å². The van der Waals surface area contributed by atoms with Crippen LogP contribution in [0.25, 0.3) is 0 Å². The number of allylic oxidation sites excluding steroid dienone is 2. The molecule has 2 atom stereocenters. The lowest BCUT2D eigenvalue weighted by molar-refractivity contribution is 0.800. The molecule has 8 nitrogen and oxygen atoms in total. The van der Waals surface area contributed by atoms with Crippen molar-refractivity contribution >= 4 is 17.4 Å². The minimum atomic E-state index is 0.153. The molecule has 0 aromatic carbocycles. The molecule has 0 saturated heterocycles. The zero-order chi connectivity index (χ0) is 21.1. The van der Waals surface area contributed by atoms with Crippen LogP contribution in [0, 0.1) is 16.7 Å². The van der Waals surface area contributed by atoms with Crippen LogP contribution in [-0.4, -0.2) is 47.0 Å². The minimum absolute atomic E-state index is 0.153. The van der Waals surface area contributed by atoms with Gasteiger partial charge in [0.15, 0.2) is 0 Å². The molecular weight excluding hydrogens is 364 g/mol. The smallest absolute Gasteiger partial charge is 0.148 e. The first-order valence-electron chi connectivity index (χ1n) is 9.67.